The van der Waals surface area contributed by atoms with Gasteiger partial charge in [-0.15, -0.1) is 0 Å². The number of hydrogen-bond donors (Lipinski definition) is 2. The predicted octanol–water partition coefficient (Wildman–Crippen LogP) is 1.05. The molecule has 3 N–H and O–H groups in total. The summed E-state index contributed by atoms with van der Waals surface area (Å²) in [5.41, 5.74) is 7.33. The van der Waals surface area contributed by atoms with Gasteiger partial charge in [0.05, 0.1) is 6.04 Å². The highest BCUT2D eigenvalue weighted by molar-refractivity contribution is 5.70. The number of anilines is 1. The second-order valence-corrected chi connectivity index (χ2v) is 2.92. The molecule has 68 valence electrons. The SMILES string of the molecule is Nc1ccccc1C1COC(=O)N1. The molecule has 4 nitrogen and oxygen atoms in total. The van der Waals surface area contributed by atoms with E-state index in [9.17, 15) is 4.79 Å². The van der Waals surface area contributed by atoms with Crippen molar-refractivity contribution in [1.29, 1.82) is 0 Å². The lowest BCUT2D eigenvalue weighted by molar-refractivity contribution is 0.177. The third-order valence-corrected chi connectivity index (χ3v) is 2.04. The molecule has 1 unspecified atom stereocenters. The van der Waals surface area contributed by atoms with Crippen LogP contribution < -0.4 is 11.1 Å². The quantitative estimate of drug-likeness (QED) is 0.632. The summed E-state index contributed by atoms with van der Waals surface area (Å²) in [6, 6.07) is 7.33. The van der Waals surface area contributed by atoms with Crippen molar-refractivity contribution in [2.24, 2.45) is 0 Å². The van der Waals surface area contributed by atoms with Gasteiger partial charge in [-0.1, -0.05) is 18.2 Å². The first-order valence-electron chi connectivity index (χ1n) is 4.05. The highest BCUT2D eigenvalue weighted by Gasteiger charge is 2.24. The van der Waals surface area contributed by atoms with Crippen molar-refractivity contribution in [3.63, 3.8) is 0 Å². The third kappa shape index (κ3) is 1.42. The van der Waals surface area contributed by atoms with Crippen molar-refractivity contribution >= 4 is 11.8 Å². The molecule has 1 aromatic rings. The van der Waals surface area contributed by atoms with Crippen molar-refractivity contribution in [2.45, 2.75) is 6.04 Å². The van der Waals surface area contributed by atoms with E-state index in [1.165, 1.54) is 0 Å². The van der Waals surface area contributed by atoms with Crippen LogP contribution in [-0.4, -0.2) is 12.7 Å². The van der Waals surface area contributed by atoms with Crippen LogP contribution >= 0.6 is 0 Å². The van der Waals surface area contributed by atoms with Crippen molar-refractivity contribution in [2.75, 3.05) is 12.3 Å². The van der Waals surface area contributed by atoms with Crippen LogP contribution in [0.15, 0.2) is 24.3 Å². The maximum Gasteiger partial charge on any atom is 0.407 e. The highest BCUT2D eigenvalue weighted by Crippen LogP contribution is 2.22. The first-order chi connectivity index (χ1) is 6.27. The van der Waals surface area contributed by atoms with E-state index in [1.54, 1.807) is 6.07 Å². The Morgan fingerprint density at radius 3 is 2.85 bits per heavy atom. The van der Waals surface area contributed by atoms with Gasteiger partial charge >= 0.3 is 6.09 Å². The maximum atomic E-state index is 10.8. The molecular weight excluding hydrogens is 168 g/mol. The lowest BCUT2D eigenvalue weighted by atomic mass is 10.1. The number of nitrogens with two attached hydrogens (primary N) is 1. The number of carbonyl (C=O) groups excluding carboxylic acids is 1. The fourth-order valence-electron chi connectivity index (χ4n) is 1.38. The fourth-order valence-corrected chi connectivity index (χ4v) is 1.38. The molecular formula is C9H10N2O2. The summed E-state index contributed by atoms with van der Waals surface area (Å²) < 4.78 is 4.77. The molecule has 4 heteroatoms. The van der Waals surface area contributed by atoms with E-state index in [2.05, 4.69) is 5.32 Å². The van der Waals surface area contributed by atoms with E-state index in [1.807, 2.05) is 18.2 Å². The van der Waals surface area contributed by atoms with Gasteiger partial charge in [-0.25, -0.2) is 4.79 Å². The molecule has 1 heterocycles. The minimum absolute atomic E-state index is 0.103. The number of nitrogens with one attached hydrogen (secondary N) is 1. The molecule has 0 bridgehead atoms. The Morgan fingerprint density at radius 2 is 2.23 bits per heavy atom. The Bertz CT molecular complexity index is 338. The van der Waals surface area contributed by atoms with Gasteiger partial charge in [0.15, 0.2) is 0 Å². The molecule has 2 rings (SSSR count). The van der Waals surface area contributed by atoms with E-state index < -0.39 is 0 Å². The third-order valence-electron chi connectivity index (χ3n) is 2.04. The zero-order valence-electron chi connectivity index (χ0n) is 6.99. The Hall–Kier alpha value is -1.71. The van der Waals surface area contributed by atoms with Gasteiger partial charge in [0.25, 0.3) is 0 Å². The first-order valence-corrected chi connectivity index (χ1v) is 4.05. The monoisotopic (exact) mass is 178 g/mol. The van der Waals surface area contributed by atoms with Crippen LogP contribution in [0.2, 0.25) is 0 Å². The molecule has 0 spiro atoms. The van der Waals surface area contributed by atoms with E-state index >= 15 is 0 Å². The zero-order chi connectivity index (χ0) is 9.26. The molecule has 0 aromatic heterocycles. The summed E-state index contributed by atoms with van der Waals surface area (Å²) in [5.74, 6) is 0. The van der Waals surface area contributed by atoms with E-state index in [-0.39, 0.29) is 12.1 Å². The van der Waals surface area contributed by atoms with Crippen molar-refractivity contribution in [3.05, 3.63) is 29.8 Å². The Morgan fingerprint density at radius 1 is 1.46 bits per heavy atom. The number of ether oxygens (including phenoxy) is 1. The number of nitrogen functional groups attached to an aromatic ring is 1. The van der Waals surface area contributed by atoms with Crippen LogP contribution in [0.25, 0.3) is 0 Å². The van der Waals surface area contributed by atoms with E-state index in [4.69, 9.17) is 10.5 Å². The average molecular weight is 178 g/mol. The molecule has 1 fully saturated rings. The van der Waals surface area contributed by atoms with Gasteiger partial charge in [0.1, 0.15) is 6.61 Å². The van der Waals surface area contributed by atoms with Crippen molar-refractivity contribution in [3.8, 4) is 0 Å². The number of carbonyl (C=O) groups is 1. The minimum Gasteiger partial charge on any atom is -0.447 e. The second-order valence-electron chi connectivity index (χ2n) is 2.92. The number of para-hydroxylation sites is 1. The largest absolute Gasteiger partial charge is 0.447 e. The molecule has 1 amide bonds. The van der Waals surface area contributed by atoms with E-state index in [0.717, 1.165) is 5.56 Å². The first kappa shape index (κ1) is 7.91. The van der Waals surface area contributed by atoms with Crippen LogP contribution in [0.5, 0.6) is 0 Å². The zero-order valence-corrected chi connectivity index (χ0v) is 6.99. The summed E-state index contributed by atoms with van der Waals surface area (Å²) >= 11 is 0. The smallest absolute Gasteiger partial charge is 0.407 e. The van der Waals surface area contributed by atoms with Gasteiger partial charge in [0.2, 0.25) is 0 Å². The lowest BCUT2D eigenvalue weighted by Gasteiger charge is -2.09. The Balaban J connectivity index is 2.26. The van der Waals surface area contributed by atoms with Gasteiger partial charge in [0, 0.05) is 11.3 Å². The number of hydrogen-bond acceptors (Lipinski definition) is 3. The van der Waals surface area contributed by atoms with Crippen molar-refractivity contribution < 1.29 is 9.53 Å². The lowest BCUT2D eigenvalue weighted by Crippen LogP contribution is -2.19. The molecule has 13 heavy (non-hydrogen) atoms. The summed E-state index contributed by atoms with van der Waals surface area (Å²) in [4.78, 5) is 10.8. The molecule has 0 saturated carbocycles. The molecule has 1 saturated heterocycles. The number of alkyl carbamates (subject to hydrolysis) is 1. The molecule has 1 atom stereocenters. The van der Waals surface area contributed by atoms with Crippen LogP contribution in [0, 0.1) is 0 Å². The molecule has 1 aliphatic heterocycles. The summed E-state index contributed by atoms with van der Waals surface area (Å²) in [6.07, 6.45) is -0.381. The summed E-state index contributed by atoms with van der Waals surface area (Å²) in [6.45, 7) is 0.354. The summed E-state index contributed by atoms with van der Waals surface area (Å²) in [7, 11) is 0. The van der Waals surface area contributed by atoms with Crippen LogP contribution in [0.4, 0.5) is 10.5 Å². The topological polar surface area (TPSA) is 64.3 Å². The second kappa shape index (κ2) is 2.97. The van der Waals surface area contributed by atoms with Crippen LogP contribution in [0.3, 0.4) is 0 Å². The van der Waals surface area contributed by atoms with Crippen molar-refractivity contribution in [1.82, 2.24) is 5.32 Å². The normalized spacial score (nSPS) is 20.9. The van der Waals surface area contributed by atoms with E-state index in [0.29, 0.717) is 12.3 Å². The van der Waals surface area contributed by atoms with Gasteiger partial charge in [-0.05, 0) is 6.07 Å². The minimum atomic E-state index is -0.381. The predicted molar refractivity (Wildman–Crippen MR) is 48.1 cm³/mol. The molecule has 1 aliphatic rings. The Kier molecular flexibility index (Phi) is 1.81. The van der Waals surface area contributed by atoms with Gasteiger partial charge in [-0.2, -0.15) is 0 Å². The standard InChI is InChI=1S/C9H10N2O2/c10-7-4-2-1-3-6(7)8-5-13-9(12)11-8/h1-4,8H,5,10H2,(H,11,12). The number of cyclic esters (lactones) is 1. The average Bonchev–Trinajstić information content (AvgIpc) is 2.53. The highest BCUT2D eigenvalue weighted by atomic mass is 16.6. The van der Waals surface area contributed by atoms with Gasteiger partial charge in [-0.3, -0.25) is 0 Å². The molecule has 0 radical (unpaired) electrons. The van der Waals surface area contributed by atoms with Crippen LogP contribution in [-0.2, 0) is 4.74 Å². The maximum absolute atomic E-state index is 10.8. The number of amides is 1. The molecule has 1 aromatic carbocycles. The molecule has 0 aliphatic carbocycles. The number of rotatable bonds is 1. The Labute approximate surface area is 75.7 Å². The van der Waals surface area contributed by atoms with Gasteiger partial charge < -0.3 is 15.8 Å². The number of benzene rings is 1. The van der Waals surface area contributed by atoms with Crippen LogP contribution in [0.1, 0.15) is 11.6 Å². The fraction of sp³-hybridized carbons (Fsp3) is 0.222. The summed E-state index contributed by atoms with van der Waals surface area (Å²) in [5, 5.41) is 2.67.